The Balaban J connectivity index is 2.00. The highest BCUT2D eigenvalue weighted by molar-refractivity contribution is 6.00. The number of carbonyl (C=O) groups is 1. The third-order valence-corrected chi connectivity index (χ3v) is 5.45. The van der Waals surface area contributed by atoms with Crippen LogP contribution in [0.25, 0.3) is 0 Å². The smallest absolute Gasteiger partial charge is 0.372 e. The maximum atomic E-state index is 12.5. The van der Waals surface area contributed by atoms with Crippen LogP contribution in [0, 0.1) is 0 Å². The van der Waals surface area contributed by atoms with E-state index in [1.54, 1.807) is 0 Å². The minimum absolute atomic E-state index is 0.381. The molecule has 33 heavy (non-hydrogen) atoms. The summed E-state index contributed by atoms with van der Waals surface area (Å²) in [5.74, 6) is -1.87. The van der Waals surface area contributed by atoms with Crippen molar-refractivity contribution in [2.45, 2.75) is 71.4 Å². The second-order valence-electron chi connectivity index (χ2n) is 8.20. The molecule has 0 saturated carbocycles. The summed E-state index contributed by atoms with van der Waals surface area (Å²) in [5, 5.41) is 8.25. The van der Waals surface area contributed by atoms with Gasteiger partial charge in [0, 0.05) is 24.3 Å². The van der Waals surface area contributed by atoms with Crippen LogP contribution in [0.3, 0.4) is 0 Å². The molecule has 0 amide bonds. The van der Waals surface area contributed by atoms with Crippen molar-refractivity contribution in [1.82, 2.24) is 0 Å². The molecule has 180 valence electrons. The van der Waals surface area contributed by atoms with Crippen LogP contribution in [-0.2, 0) is 0 Å². The van der Waals surface area contributed by atoms with Gasteiger partial charge in [-0.3, -0.25) is 4.79 Å². The quantitative estimate of drug-likeness (QED) is 0.160. The Labute approximate surface area is 194 Å². The number of carbonyl (C=O) groups excluding carboxylic acids is 1. The number of nitrogens with zero attached hydrogens (tertiary/aromatic N) is 3. The van der Waals surface area contributed by atoms with E-state index in [1.165, 1.54) is 63.5 Å². The fraction of sp³-hybridized carbons (Fsp3) is 0.500. The molecule has 0 aliphatic carbocycles. The van der Waals surface area contributed by atoms with Crippen LogP contribution in [-0.4, -0.2) is 25.0 Å². The Bertz CT molecular complexity index is 850. The van der Waals surface area contributed by atoms with Crippen LogP contribution in [0.1, 0.15) is 75.6 Å². The van der Waals surface area contributed by atoms with Crippen molar-refractivity contribution in [3.05, 3.63) is 54.1 Å². The number of alkyl halides is 3. The van der Waals surface area contributed by atoms with Gasteiger partial charge in [-0.15, -0.1) is 0 Å². The van der Waals surface area contributed by atoms with Crippen LogP contribution in [0.2, 0.25) is 0 Å². The molecule has 0 fully saturated rings. The largest absolute Gasteiger partial charge is 0.454 e. The van der Waals surface area contributed by atoms with E-state index in [2.05, 4.69) is 29.0 Å². The predicted octanol–water partition coefficient (Wildman–Crippen LogP) is 8.81. The zero-order chi connectivity index (χ0) is 24.1. The molecule has 0 heterocycles. The number of halogens is 3. The van der Waals surface area contributed by atoms with Crippen molar-refractivity contribution in [3.8, 4) is 0 Å². The average molecular weight is 462 g/mol. The van der Waals surface area contributed by atoms with Gasteiger partial charge < -0.3 is 4.90 Å². The number of rotatable bonds is 14. The number of hydrogen-bond donors (Lipinski definition) is 0. The highest BCUT2D eigenvalue weighted by atomic mass is 19.4. The first-order valence-electron chi connectivity index (χ1n) is 11.8. The lowest BCUT2D eigenvalue weighted by Crippen LogP contribution is -2.25. The van der Waals surface area contributed by atoms with E-state index >= 15 is 0 Å². The SMILES string of the molecule is CCCCCCN(CCCCCC)c1ccc(N=Nc2ccc(C(=O)C(F)(F)F)cc2)cc1. The van der Waals surface area contributed by atoms with E-state index < -0.39 is 17.5 Å². The van der Waals surface area contributed by atoms with Gasteiger partial charge in [-0.2, -0.15) is 23.4 Å². The fourth-order valence-electron chi connectivity index (χ4n) is 3.52. The summed E-state index contributed by atoms with van der Waals surface area (Å²) in [6, 6.07) is 12.8. The van der Waals surface area contributed by atoms with E-state index in [0.29, 0.717) is 11.4 Å². The molecular weight excluding hydrogens is 427 g/mol. The molecule has 0 radical (unpaired) electrons. The lowest BCUT2D eigenvalue weighted by Gasteiger charge is -2.25. The molecule has 0 spiro atoms. The standard InChI is InChI=1S/C26H34F3N3O/c1-3-5-7-9-19-32(20-10-8-6-4-2)24-17-15-23(16-18-24)31-30-22-13-11-21(12-14-22)25(33)26(27,28)29/h11-18H,3-10,19-20H2,1-2H3. The lowest BCUT2D eigenvalue weighted by atomic mass is 10.1. The minimum Gasteiger partial charge on any atom is -0.372 e. The molecule has 2 aromatic carbocycles. The van der Waals surface area contributed by atoms with E-state index in [-0.39, 0.29) is 0 Å². The van der Waals surface area contributed by atoms with Gasteiger partial charge in [-0.1, -0.05) is 52.4 Å². The number of benzene rings is 2. The summed E-state index contributed by atoms with van der Waals surface area (Å²) < 4.78 is 37.5. The number of unbranched alkanes of at least 4 members (excludes halogenated alkanes) is 6. The van der Waals surface area contributed by atoms with E-state index in [0.717, 1.165) is 30.9 Å². The molecule has 0 aliphatic heterocycles. The number of ketones is 1. The monoisotopic (exact) mass is 461 g/mol. The third kappa shape index (κ3) is 9.36. The molecule has 7 heteroatoms. The van der Waals surface area contributed by atoms with Gasteiger partial charge in [0.05, 0.1) is 11.4 Å². The van der Waals surface area contributed by atoms with E-state index in [4.69, 9.17) is 0 Å². The zero-order valence-corrected chi connectivity index (χ0v) is 19.6. The van der Waals surface area contributed by atoms with Gasteiger partial charge >= 0.3 is 6.18 Å². The maximum absolute atomic E-state index is 12.5. The molecule has 0 atom stereocenters. The lowest BCUT2D eigenvalue weighted by molar-refractivity contribution is -0.0885. The molecule has 2 rings (SSSR count). The van der Waals surface area contributed by atoms with Crippen molar-refractivity contribution in [2.24, 2.45) is 10.2 Å². The van der Waals surface area contributed by atoms with Gasteiger partial charge in [0.1, 0.15) is 0 Å². The summed E-state index contributed by atoms with van der Waals surface area (Å²) in [5.41, 5.74) is 1.79. The molecule has 0 aliphatic rings. The summed E-state index contributed by atoms with van der Waals surface area (Å²) in [4.78, 5) is 13.7. The summed E-state index contributed by atoms with van der Waals surface area (Å²) in [6.45, 7) is 6.50. The van der Waals surface area contributed by atoms with Gasteiger partial charge in [-0.25, -0.2) is 0 Å². The van der Waals surface area contributed by atoms with Crippen molar-refractivity contribution < 1.29 is 18.0 Å². The van der Waals surface area contributed by atoms with Crippen LogP contribution in [0.5, 0.6) is 0 Å². The summed E-state index contributed by atoms with van der Waals surface area (Å²) >= 11 is 0. The third-order valence-electron chi connectivity index (χ3n) is 5.45. The number of azo groups is 1. The molecule has 0 saturated heterocycles. The van der Waals surface area contributed by atoms with Crippen LogP contribution >= 0.6 is 0 Å². The Kier molecular flexibility index (Phi) is 11.1. The summed E-state index contributed by atoms with van der Waals surface area (Å²) in [6.07, 6.45) is 4.90. The van der Waals surface area contributed by atoms with Gasteiger partial charge in [0.2, 0.25) is 0 Å². The number of anilines is 1. The second-order valence-corrected chi connectivity index (χ2v) is 8.20. The van der Waals surface area contributed by atoms with Crippen molar-refractivity contribution in [3.63, 3.8) is 0 Å². The first kappa shape index (κ1) is 26.6. The highest BCUT2D eigenvalue weighted by Crippen LogP contribution is 2.25. The Hall–Kier alpha value is -2.70. The number of Topliss-reactive ketones (excluding diaryl/α,β-unsaturated/α-hetero) is 1. The van der Waals surface area contributed by atoms with Crippen molar-refractivity contribution >= 4 is 22.8 Å². The van der Waals surface area contributed by atoms with Crippen molar-refractivity contribution in [2.75, 3.05) is 18.0 Å². The topological polar surface area (TPSA) is 45.0 Å². The van der Waals surface area contributed by atoms with Crippen LogP contribution < -0.4 is 4.90 Å². The van der Waals surface area contributed by atoms with Gasteiger partial charge in [0.15, 0.2) is 0 Å². The molecular formula is C26H34F3N3O. The van der Waals surface area contributed by atoms with Crippen LogP contribution in [0.15, 0.2) is 58.8 Å². The van der Waals surface area contributed by atoms with Crippen molar-refractivity contribution in [1.29, 1.82) is 0 Å². The first-order valence-corrected chi connectivity index (χ1v) is 11.8. The normalized spacial score (nSPS) is 11.8. The molecule has 0 N–H and O–H groups in total. The Morgan fingerprint density at radius 2 is 1.18 bits per heavy atom. The second kappa shape index (κ2) is 13.8. The number of hydrogen-bond acceptors (Lipinski definition) is 4. The fourth-order valence-corrected chi connectivity index (χ4v) is 3.52. The van der Waals surface area contributed by atoms with Crippen LogP contribution in [0.4, 0.5) is 30.2 Å². The summed E-state index contributed by atoms with van der Waals surface area (Å²) in [7, 11) is 0. The Morgan fingerprint density at radius 3 is 1.61 bits per heavy atom. The highest BCUT2D eigenvalue weighted by Gasteiger charge is 2.39. The first-order chi connectivity index (χ1) is 15.8. The molecule has 0 aromatic heterocycles. The van der Waals surface area contributed by atoms with Gasteiger partial charge in [-0.05, 0) is 61.4 Å². The molecule has 4 nitrogen and oxygen atoms in total. The molecule has 2 aromatic rings. The van der Waals surface area contributed by atoms with E-state index in [1.807, 2.05) is 24.3 Å². The molecule has 0 unspecified atom stereocenters. The van der Waals surface area contributed by atoms with Gasteiger partial charge in [0.25, 0.3) is 5.78 Å². The Morgan fingerprint density at radius 1 is 0.727 bits per heavy atom. The maximum Gasteiger partial charge on any atom is 0.454 e. The average Bonchev–Trinajstić information content (AvgIpc) is 2.81. The zero-order valence-electron chi connectivity index (χ0n) is 19.6. The predicted molar refractivity (Wildman–Crippen MR) is 128 cm³/mol. The van der Waals surface area contributed by atoms with E-state index in [9.17, 15) is 18.0 Å². The molecule has 0 bridgehead atoms. The minimum atomic E-state index is -4.88.